The van der Waals surface area contributed by atoms with Crippen LogP contribution in [0.4, 0.5) is 4.39 Å². The van der Waals surface area contributed by atoms with Gasteiger partial charge in [-0.05, 0) is 30.7 Å². The van der Waals surface area contributed by atoms with E-state index in [1.54, 1.807) is 29.3 Å². The van der Waals surface area contributed by atoms with Crippen molar-refractivity contribution in [1.82, 2.24) is 34.5 Å². The molecule has 9 heteroatoms. The molecule has 3 aromatic heterocycles. The monoisotopic (exact) mass is 391 g/mol. The third kappa shape index (κ3) is 3.58. The van der Waals surface area contributed by atoms with Gasteiger partial charge in [0.15, 0.2) is 11.6 Å². The lowest BCUT2D eigenvalue weighted by Gasteiger charge is -2.21. The first-order valence-electron chi connectivity index (χ1n) is 9.38. The molecule has 0 aliphatic carbocycles. The molecule has 0 spiro atoms. The molecule has 1 aliphatic heterocycles. The van der Waals surface area contributed by atoms with Crippen LogP contribution in [-0.4, -0.2) is 34.5 Å². The Hall–Kier alpha value is -3.62. The molecule has 0 amide bonds. The van der Waals surface area contributed by atoms with E-state index in [1.807, 2.05) is 22.9 Å². The van der Waals surface area contributed by atoms with Gasteiger partial charge in [0.05, 0.1) is 6.54 Å². The number of benzene rings is 1. The summed E-state index contributed by atoms with van der Waals surface area (Å²) < 4.78 is 22.7. The van der Waals surface area contributed by atoms with Gasteiger partial charge in [-0.3, -0.25) is 0 Å². The Balaban J connectivity index is 1.45. The van der Waals surface area contributed by atoms with Gasteiger partial charge in [0, 0.05) is 24.6 Å². The van der Waals surface area contributed by atoms with Crippen LogP contribution in [0.5, 0.6) is 5.75 Å². The van der Waals surface area contributed by atoms with Crippen molar-refractivity contribution in [2.45, 2.75) is 31.9 Å². The van der Waals surface area contributed by atoms with Crippen LogP contribution in [0.1, 0.15) is 29.8 Å². The predicted octanol–water partition coefficient (Wildman–Crippen LogP) is 2.70. The van der Waals surface area contributed by atoms with Crippen molar-refractivity contribution in [2.75, 3.05) is 0 Å². The minimum absolute atomic E-state index is 0.127. The summed E-state index contributed by atoms with van der Waals surface area (Å²) in [6.45, 7) is 0.822. The summed E-state index contributed by atoms with van der Waals surface area (Å²) in [5.74, 6) is 3.21. The van der Waals surface area contributed by atoms with Crippen LogP contribution in [0.3, 0.4) is 0 Å². The Morgan fingerprint density at radius 1 is 1.14 bits per heavy atom. The maximum Gasteiger partial charge on any atom is 0.188 e. The molecule has 29 heavy (non-hydrogen) atoms. The fourth-order valence-electron chi connectivity index (χ4n) is 3.49. The molecule has 8 nitrogen and oxygen atoms in total. The highest BCUT2D eigenvalue weighted by Crippen LogP contribution is 2.28. The zero-order chi connectivity index (χ0) is 19.6. The molecule has 1 atom stereocenters. The Morgan fingerprint density at radius 2 is 2.10 bits per heavy atom. The third-order valence-electron chi connectivity index (χ3n) is 4.88. The average Bonchev–Trinajstić information content (AvgIpc) is 3.39. The molecule has 146 valence electrons. The molecular formula is C20H18FN7O. The van der Waals surface area contributed by atoms with Crippen molar-refractivity contribution < 1.29 is 9.13 Å². The summed E-state index contributed by atoms with van der Waals surface area (Å²) in [5.41, 5.74) is 0. The van der Waals surface area contributed by atoms with Gasteiger partial charge >= 0.3 is 0 Å². The fourth-order valence-corrected chi connectivity index (χ4v) is 3.49. The van der Waals surface area contributed by atoms with E-state index in [2.05, 4.69) is 20.2 Å². The first-order valence-corrected chi connectivity index (χ1v) is 9.38. The van der Waals surface area contributed by atoms with Crippen LogP contribution in [0.25, 0.3) is 5.82 Å². The number of hydrogen-bond donors (Lipinski definition) is 0. The Bertz CT molecular complexity index is 1120. The summed E-state index contributed by atoms with van der Waals surface area (Å²) in [7, 11) is 0. The minimum Gasteiger partial charge on any atom is -0.485 e. The molecule has 0 saturated carbocycles. The second kappa shape index (κ2) is 7.42. The molecule has 5 rings (SSSR count). The first-order chi connectivity index (χ1) is 14.3. The van der Waals surface area contributed by atoms with Gasteiger partial charge in [0.2, 0.25) is 0 Å². The summed E-state index contributed by atoms with van der Waals surface area (Å²) >= 11 is 0. The molecule has 1 aliphatic rings. The van der Waals surface area contributed by atoms with Crippen LogP contribution >= 0.6 is 0 Å². The fraction of sp³-hybridized carbons (Fsp3) is 0.250. The number of fused-ring (bicyclic) bond motifs is 1. The van der Waals surface area contributed by atoms with E-state index in [-0.39, 0.29) is 18.3 Å². The quantitative estimate of drug-likeness (QED) is 0.520. The smallest absolute Gasteiger partial charge is 0.188 e. The van der Waals surface area contributed by atoms with Crippen LogP contribution in [0.2, 0.25) is 0 Å². The van der Waals surface area contributed by atoms with Crippen LogP contribution in [-0.2, 0) is 19.6 Å². The van der Waals surface area contributed by atoms with E-state index >= 15 is 0 Å². The predicted molar refractivity (Wildman–Crippen MR) is 101 cm³/mol. The van der Waals surface area contributed by atoms with E-state index in [0.29, 0.717) is 23.9 Å². The highest BCUT2D eigenvalue weighted by Gasteiger charge is 2.27. The minimum atomic E-state index is -0.346. The van der Waals surface area contributed by atoms with Gasteiger partial charge < -0.3 is 4.74 Å². The number of aromatic nitrogens is 7. The number of aryl methyl sites for hydroxylation is 1. The summed E-state index contributed by atoms with van der Waals surface area (Å²) in [4.78, 5) is 13.4. The van der Waals surface area contributed by atoms with Gasteiger partial charge in [-0.15, -0.1) is 5.10 Å². The van der Waals surface area contributed by atoms with Crippen molar-refractivity contribution >= 4 is 0 Å². The molecule has 4 aromatic rings. The van der Waals surface area contributed by atoms with Crippen molar-refractivity contribution in [3.05, 3.63) is 78.3 Å². The van der Waals surface area contributed by atoms with Gasteiger partial charge in [0.25, 0.3) is 0 Å². The van der Waals surface area contributed by atoms with E-state index in [4.69, 9.17) is 9.72 Å². The van der Waals surface area contributed by atoms with Gasteiger partial charge in [0.1, 0.15) is 36.1 Å². The zero-order valence-electron chi connectivity index (χ0n) is 15.5. The van der Waals surface area contributed by atoms with Crippen molar-refractivity contribution in [3.63, 3.8) is 0 Å². The second-order valence-corrected chi connectivity index (χ2v) is 6.83. The molecule has 1 unspecified atom stereocenters. The number of nitrogens with zero attached hydrogens (tertiary/aromatic N) is 7. The van der Waals surface area contributed by atoms with Crippen molar-refractivity contribution in [1.29, 1.82) is 0 Å². The number of rotatable bonds is 5. The number of ether oxygens (including phenoxy) is 1. The summed E-state index contributed by atoms with van der Waals surface area (Å²) in [6, 6.07) is 11.7. The van der Waals surface area contributed by atoms with E-state index in [1.165, 1.54) is 12.1 Å². The summed E-state index contributed by atoms with van der Waals surface area (Å²) in [5, 5.41) is 8.91. The number of hydrogen-bond acceptors (Lipinski definition) is 6. The SMILES string of the molecule is Fc1cccc(OCc2nc(C3CCc4ncnn4C3)n(-c3ccccn3)n2)c1. The lowest BCUT2D eigenvalue weighted by atomic mass is 9.99. The zero-order valence-corrected chi connectivity index (χ0v) is 15.5. The topological polar surface area (TPSA) is 83.5 Å². The van der Waals surface area contributed by atoms with Gasteiger partial charge in [-0.1, -0.05) is 12.1 Å². The maximum absolute atomic E-state index is 13.4. The van der Waals surface area contributed by atoms with E-state index < -0.39 is 0 Å². The summed E-state index contributed by atoms with van der Waals surface area (Å²) in [6.07, 6.45) is 5.03. The van der Waals surface area contributed by atoms with Crippen LogP contribution in [0, 0.1) is 5.82 Å². The molecule has 0 N–H and O–H groups in total. The molecule has 1 aromatic carbocycles. The first kappa shape index (κ1) is 17.5. The lowest BCUT2D eigenvalue weighted by molar-refractivity contribution is 0.294. The molecule has 0 bridgehead atoms. The number of pyridine rings is 1. The molecule has 4 heterocycles. The van der Waals surface area contributed by atoms with Crippen LogP contribution in [0.15, 0.2) is 55.0 Å². The molecular weight excluding hydrogens is 373 g/mol. The van der Waals surface area contributed by atoms with Crippen molar-refractivity contribution in [3.8, 4) is 11.6 Å². The second-order valence-electron chi connectivity index (χ2n) is 6.83. The Kier molecular flexibility index (Phi) is 4.47. The highest BCUT2D eigenvalue weighted by atomic mass is 19.1. The average molecular weight is 391 g/mol. The van der Waals surface area contributed by atoms with Gasteiger partial charge in [-0.2, -0.15) is 9.78 Å². The van der Waals surface area contributed by atoms with E-state index in [9.17, 15) is 4.39 Å². The van der Waals surface area contributed by atoms with Gasteiger partial charge in [-0.25, -0.2) is 24.0 Å². The normalized spacial score (nSPS) is 15.8. The molecule has 0 saturated heterocycles. The molecule has 0 fully saturated rings. The Morgan fingerprint density at radius 3 is 2.97 bits per heavy atom. The maximum atomic E-state index is 13.4. The standard InChI is InChI=1S/C20H18FN7O/c21-15-4-3-5-16(10-15)29-12-17-25-20(28(26-17)19-6-1-2-9-22-19)14-7-8-18-23-13-24-27(18)11-14/h1-6,9-10,13-14H,7-8,11-12H2. The Labute approximate surface area is 166 Å². The molecule has 0 radical (unpaired) electrons. The van der Waals surface area contributed by atoms with Crippen molar-refractivity contribution in [2.24, 2.45) is 0 Å². The largest absolute Gasteiger partial charge is 0.485 e. The third-order valence-corrected chi connectivity index (χ3v) is 4.88. The lowest BCUT2D eigenvalue weighted by Crippen LogP contribution is -2.23. The van der Waals surface area contributed by atoms with Crippen LogP contribution < -0.4 is 4.74 Å². The highest BCUT2D eigenvalue weighted by molar-refractivity contribution is 5.25. The van der Waals surface area contributed by atoms with E-state index in [0.717, 1.165) is 24.5 Å². The number of halogens is 1.